The molecule has 0 saturated carbocycles. The summed E-state index contributed by atoms with van der Waals surface area (Å²) in [4.78, 5) is 21.2. The van der Waals surface area contributed by atoms with E-state index in [1.165, 1.54) is 16.9 Å². The third kappa shape index (κ3) is 6.53. The molecule has 0 radical (unpaired) electrons. The van der Waals surface area contributed by atoms with Gasteiger partial charge in [-0.1, -0.05) is 47.9 Å². The van der Waals surface area contributed by atoms with Crippen LogP contribution < -0.4 is 9.47 Å². The lowest BCUT2D eigenvalue weighted by Crippen LogP contribution is -2.29. The molecule has 8 heteroatoms. The molecule has 0 saturated heterocycles. The summed E-state index contributed by atoms with van der Waals surface area (Å²) >= 11 is 7.99. The first-order valence-electron chi connectivity index (χ1n) is 12.2. The third-order valence-electron chi connectivity index (χ3n) is 5.81. The number of hydrogen-bond donors (Lipinski definition) is 0. The molecule has 0 fully saturated rings. The molecule has 0 unspecified atom stereocenters. The molecule has 2 heterocycles. The fourth-order valence-electron chi connectivity index (χ4n) is 4.24. The van der Waals surface area contributed by atoms with Gasteiger partial charge >= 0.3 is 5.97 Å². The Labute approximate surface area is 226 Å². The van der Waals surface area contributed by atoms with Crippen LogP contribution >= 0.6 is 22.9 Å². The molecule has 4 rings (SSSR count). The quantitative estimate of drug-likeness (QED) is 0.173. The molecule has 3 aromatic rings. The van der Waals surface area contributed by atoms with E-state index in [1.54, 1.807) is 18.3 Å². The predicted molar refractivity (Wildman–Crippen MR) is 149 cm³/mol. The second-order valence-corrected chi connectivity index (χ2v) is 9.86. The Kier molecular flexibility index (Phi) is 9.24. The van der Waals surface area contributed by atoms with Gasteiger partial charge in [-0.05, 0) is 49.1 Å². The van der Waals surface area contributed by atoms with Crippen LogP contribution in [-0.4, -0.2) is 43.4 Å². The number of nitrogens with zero attached hydrogens (tertiary/aromatic N) is 2. The van der Waals surface area contributed by atoms with Crippen molar-refractivity contribution in [2.75, 3.05) is 26.4 Å². The molecule has 0 spiro atoms. The molecule has 0 atom stereocenters. The Balaban J connectivity index is 1.63. The normalized spacial score (nSPS) is 13.2. The summed E-state index contributed by atoms with van der Waals surface area (Å²) in [6, 6.07) is 13.9. The van der Waals surface area contributed by atoms with Crippen LogP contribution in [0.2, 0.25) is 5.02 Å². The Morgan fingerprint density at radius 1 is 1.22 bits per heavy atom. The van der Waals surface area contributed by atoms with Crippen LogP contribution in [0.15, 0.2) is 47.5 Å². The maximum atomic E-state index is 12.9. The summed E-state index contributed by atoms with van der Waals surface area (Å²) in [5.41, 5.74) is 3.57. The van der Waals surface area contributed by atoms with Gasteiger partial charge in [0.25, 0.3) is 0 Å². The number of esters is 1. The van der Waals surface area contributed by atoms with Gasteiger partial charge in [-0.3, -0.25) is 4.90 Å². The van der Waals surface area contributed by atoms with E-state index < -0.39 is 0 Å². The number of benzene rings is 2. The van der Waals surface area contributed by atoms with Crippen LogP contribution in [0.3, 0.4) is 0 Å². The molecule has 1 aliphatic heterocycles. The number of thiophene rings is 1. The van der Waals surface area contributed by atoms with E-state index in [0.717, 1.165) is 36.5 Å². The van der Waals surface area contributed by atoms with Crippen molar-refractivity contribution in [2.24, 2.45) is 4.99 Å². The number of fused-ring (bicyclic) bond motifs is 1. The number of rotatable bonds is 10. The smallest absolute Gasteiger partial charge is 0.341 e. The van der Waals surface area contributed by atoms with E-state index >= 15 is 0 Å². The van der Waals surface area contributed by atoms with Gasteiger partial charge < -0.3 is 14.2 Å². The molecule has 0 N–H and O–H groups in total. The van der Waals surface area contributed by atoms with Crippen LogP contribution in [0, 0.1) is 12.3 Å². The highest BCUT2D eigenvalue weighted by molar-refractivity contribution is 7.16. The molecule has 1 aliphatic rings. The summed E-state index contributed by atoms with van der Waals surface area (Å²) in [6.07, 6.45) is 7.77. The van der Waals surface area contributed by atoms with Crippen molar-refractivity contribution in [3.63, 3.8) is 0 Å². The fraction of sp³-hybridized carbons (Fsp3) is 0.310. The monoisotopic (exact) mass is 536 g/mol. The van der Waals surface area contributed by atoms with Crippen LogP contribution in [0.1, 0.15) is 45.8 Å². The summed E-state index contributed by atoms with van der Waals surface area (Å²) in [5.74, 6) is 2.98. The van der Waals surface area contributed by atoms with Gasteiger partial charge in [0.2, 0.25) is 0 Å². The molecule has 0 aliphatic carbocycles. The summed E-state index contributed by atoms with van der Waals surface area (Å²) in [7, 11) is 0. The van der Waals surface area contributed by atoms with E-state index in [2.05, 4.69) is 35.1 Å². The SMILES string of the molecule is C#CCOc1c(Cl)cc(C=Nc2sc3c(c2C(=O)OCC)CCN(Cc2ccccc2)C3)cc1OCC. The number of aliphatic imine (C=N–C) groups is 1. The van der Waals surface area contributed by atoms with E-state index in [1.807, 2.05) is 19.9 Å². The van der Waals surface area contributed by atoms with Crippen LogP contribution in [0.25, 0.3) is 0 Å². The number of halogens is 1. The lowest BCUT2D eigenvalue weighted by Gasteiger charge is -2.27. The average Bonchev–Trinajstić information content (AvgIpc) is 3.25. The number of ether oxygens (including phenoxy) is 3. The second-order valence-electron chi connectivity index (χ2n) is 8.36. The first-order chi connectivity index (χ1) is 18.0. The van der Waals surface area contributed by atoms with Crippen molar-refractivity contribution in [2.45, 2.75) is 33.4 Å². The summed E-state index contributed by atoms with van der Waals surface area (Å²) in [6.45, 7) is 6.99. The van der Waals surface area contributed by atoms with Gasteiger partial charge in [-0.25, -0.2) is 9.79 Å². The highest BCUT2D eigenvalue weighted by atomic mass is 35.5. The number of carbonyl (C=O) groups excluding carboxylic acids is 1. The lowest BCUT2D eigenvalue weighted by molar-refractivity contribution is 0.0526. The van der Waals surface area contributed by atoms with Crippen LogP contribution in [0.5, 0.6) is 11.5 Å². The molecule has 0 amide bonds. The van der Waals surface area contributed by atoms with Gasteiger partial charge in [-0.15, -0.1) is 17.8 Å². The number of carbonyl (C=O) groups is 1. The van der Waals surface area contributed by atoms with Gasteiger partial charge in [0.1, 0.15) is 11.6 Å². The molecule has 1 aromatic heterocycles. The number of terminal acetylenes is 1. The Bertz CT molecular complexity index is 1310. The standard InChI is InChI=1S/C29H29ClN2O4S/c1-4-14-36-27-23(30)15-21(16-24(27)34-5-2)17-31-28-26(29(33)35-6-3)22-12-13-32(19-25(22)37-28)18-20-10-8-7-9-11-20/h1,7-11,15-17H,5-6,12-14,18-19H2,2-3H3. The van der Waals surface area contributed by atoms with Gasteiger partial charge in [-0.2, -0.15) is 0 Å². The molecule has 2 aromatic carbocycles. The van der Waals surface area contributed by atoms with Crippen LogP contribution in [0.4, 0.5) is 5.00 Å². The van der Waals surface area contributed by atoms with E-state index in [0.29, 0.717) is 45.9 Å². The average molecular weight is 537 g/mol. The van der Waals surface area contributed by atoms with Gasteiger partial charge in [0.15, 0.2) is 11.5 Å². The molecule has 6 nitrogen and oxygen atoms in total. The zero-order valence-corrected chi connectivity index (χ0v) is 22.5. The largest absolute Gasteiger partial charge is 0.490 e. The first kappa shape index (κ1) is 26.7. The predicted octanol–water partition coefficient (Wildman–Crippen LogP) is 6.30. The van der Waals surface area contributed by atoms with Crippen molar-refractivity contribution in [3.8, 4) is 23.8 Å². The highest BCUT2D eigenvalue weighted by Crippen LogP contribution is 2.40. The molecular formula is C29H29ClN2O4S. The molecular weight excluding hydrogens is 508 g/mol. The minimum atomic E-state index is -0.338. The van der Waals surface area contributed by atoms with Crippen molar-refractivity contribution < 1.29 is 19.0 Å². The second kappa shape index (κ2) is 12.8. The summed E-state index contributed by atoms with van der Waals surface area (Å²) in [5, 5.41) is 1.00. The minimum Gasteiger partial charge on any atom is -0.490 e. The van der Waals surface area contributed by atoms with Crippen molar-refractivity contribution in [1.82, 2.24) is 4.90 Å². The van der Waals surface area contributed by atoms with E-state index in [4.69, 9.17) is 37.2 Å². The molecule has 192 valence electrons. The zero-order chi connectivity index (χ0) is 26.2. The van der Waals surface area contributed by atoms with E-state index in [9.17, 15) is 4.79 Å². The van der Waals surface area contributed by atoms with Crippen molar-refractivity contribution in [3.05, 3.63) is 74.6 Å². The third-order valence-corrected chi connectivity index (χ3v) is 7.21. The van der Waals surface area contributed by atoms with Crippen molar-refractivity contribution >= 4 is 40.1 Å². The number of hydrogen-bond acceptors (Lipinski definition) is 7. The van der Waals surface area contributed by atoms with Gasteiger partial charge in [0.05, 0.1) is 23.8 Å². The topological polar surface area (TPSA) is 60.4 Å². The zero-order valence-electron chi connectivity index (χ0n) is 21.0. The minimum absolute atomic E-state index is 0.0815. The lowest BCUT2D eigenvalue weighted by atomic mass is 10.0. The fourth-order valence-corrected chi connectivity index (χ4v) is 5.73. The van der Waals surface area contributed by atoms with Crippen LogP contribution in [-0.2, 0) is 24.2 Å². The first-order valence-corrected chi connectivity index (χ1v) is 13.4. The Morgan fingerprint density at radius 3 is 2.76 bits per heavy atom. The maximum Gasteiger partial charge on any atom is 0.341 e. The summed E-state index contributed by atoms with van der Waals surface area (Å²) < 4.78 is 16.7. The van der Waals surface area contributed by atoms with E-state index in [-0.39, 0.29) is 12.6 Å². The molecule has 37 heavy (non-hydrogen) atoms. The Hall–Kier alpha value is -3.31. The van der Waals surface area contributed by atoms with Gasteiger partial charge in [0, 0.05) is 30.7 Å². The Morgan fingerprint density at radius 2 is 2.03 bits per heavy atom. The molecule has 0 bridgehead atoms. The van der Waals surface area contributed by atoms with Crippen molar-refractivity contribution in [1.29, 1.82) is 0 Å². The highest BCUT2D eigenvalue weighted by Gasteiger charge is 2.28. The maximum absolute atomic E-state index is 12.9.